The van der Waals surface area contributed by atoms with Crippen LogP contribution in [0.3, 0.4) is 0 Å². The van der Waals surface area contributed by atoms with Crippen LogP contribution in [0.15, 0.2) is 24.8 Å². The van der Waals surface area contributed by atoms with Gasteiger partial charge in [-0.25, -0.2) is 9.97 Å². The first kappa shape index (κ1) is 16.2. The minimum atomic E-state index is -0.838. The molecule has 5 N–H and O–H groups in total. The molecule has 0 fully saturated rings. The van der Waals surface area contributed by atoms with Crippen LogP contribution < -0.4 is 5.73 Å². The number of aromatic nitrogens is 4. The number of nitrogens with two attached hydrogens (primary N) is 1. The number of hydrogen-bond acceptors (Lipinski definition) is 5. The van der Waals surface area contributed by atoms with Gasteiger partial charge in [0.1, 0.15) is 17.7 Å². The van der Waals surface area contributed by atoms with Gasteiger partial charge in [-0.3, -0.25) is 9.69 Å². The van der Waals surface area contributed by atoms with Crippen LogP contribution in [0.2, 0.25) is 0 Å². The second-order valence-corrected chi connectivity index (χ2v) is 5.12. The van der Waals surface area contributed by atoms with Crippen LogP contribution in [-0.2, 0) is 17.9 Å². The predicted octanol–water partition coefficient (Wildman–Crippen LogP) is 0.717. The molecule has 0 aliphatic rings. The van der Waals surface area contributed by atoms with E-state index < -0.39 is 12.0 Å². The predicted molar refractivity (Wildman–Crippen MR) is 80.8 cm³/mol. The number of carboxylic acids is 1. The normalized spacial score (nSPS) is 12.6. The minimum absolute atomic E-state index is 0.424. The van der Waals surface area contributed by atoms with Crippen LogP contribution in [0.4, 0.5) is 0 Å². The third-order valence-corrected chi connectivity index (χ3v) is 3.47. The summed E-state index contributed by atoms with van der Waals surface area (Å²) in [5, 5.41) is 9.57. The number of rotatable bonds is 10. The molecular weight excluding hydrogens is 284 g/mol. The molecule has 8 heteroatoms. The molecule has 1 atom stereocenters. The van der Waals surface area contributed by atoms with Gasteiger partial charge in [0.05, 0.1) is 13.1 Å². The summed E-state index contributed by atoms with van der Waals surface area (Å²) in [6.45, 7) is 1.42. The molecule has 0 aliphatic heterocycles. The Kier molecular flexibility index (Phi) is 6.11. The Morgan fingerprint density at radius 1 is 1.18 bits per heavy atom. The molecular formula is C14H22N6O2. The molecule has 2 aromatic rings. The lowest BCUT2D eigenvalue weighted by molar-refractivity contribution is -0.144. The molecule has 0 amide bonds. The van der Waals surface area contributed by atoms with Gasteiger partial charge in [-0.05, 0) is 19.4 Å². The minimum Gasteiger partial charge on any atom is -0.480 e. The van der Waals surface area contributed by atoms with Crippen LogP contribution >= 0.6 is 0 Å². The number of imidazole rings is 2. The first-order valence-corrected chi connectivity index (χ1v) is 7.34. The molecule has 0 aliphatic carbocycles. The van der Waals surface area contributed by atoms with Crippen LogP contribution in [0.1, 0.15) is 30.9 Å². The van der Waals surface area contributed by atoms with Crippen molar-refractivity contribution in [2.75, 3.05) is 6.54 Å². The molecule has 120 valence electrons. The summed E-state index contributed by atoms with van der Waals surface area (Å²) in [4.78, 5) is 27.9. The smallest absolute Gasteiger partial charge is 0.320 e. The molecule has 0 radical (unpaired) electrons. The van der Waals surface area contributed by atoms with Gasteiger partial charge in [0.25, 0.3) is 0 Å². The highest BCUT2D eigenvalue weighted by atomic mass is 16.4. The molecule has 2 heterocycles. The molecule has 1 unspecified atom stereocenters. The number of aromatic amines is 2. The van der Waals surface area contributed by atoms with E-state index in [1.807, 2.05) is 4.90 Å². The number of hydrogen-bond donors (Lipinski definition) is 4. The Morgan fingerprint density at radius 3 is 2.18 bits per heavy atom. The van der Waals surface area contributed by atoms with E-state index in [1.165, 1.54) is 0 Å². The Morgan fingerprint density at radius 2 is 1.77 bits per heavy atom. The fraction of sp³-hybridized carbons (Fsp3) is 0.500. The maximum absolute atomic E-state index is 11.7. The lowest BCUT2D eigenvalue weighted by Gasteiger charge is -2.27. The fourth-order valence-corrected chi connectivity index (χ4v) is 2.37. The molecule has 8 nitrogen and oxygen atoms in total. The monoisotopic (exact) mass is 306 g/mol. The number of carbonyl (C=O) groups is 1. The van der Waals surface area contributed by atoms with Gasteiger partial charge in [0.15, 0.2) is 0 Å². The second-order valence-electron chi connectivity index (χ2n) is 5.12. The van der Waals surface area contributed by atoms with Crippen molar-refractivity contribution in [3.8, 4) is 0 Å². The number of H-pyrrole nitrogens is 2. The molecule has 0 bridgehead atoms. The van der Waals surface area contributed by atoms with Gasteiger partial charge in [-0.2, -0.15) is 0 Å². The zero-order chi connectivity index (χ0) is 15.8. The van der Waals surface area contributed by atoms with Crippen LogP contribution in [0.25, 0.3) is 0 Å². The lowest BCUT2D eigenvalue weighted by Crippen LogP contribution is -2.41. The third-order valence-electron chi connectivity index (χ3n) is 3.47. The molecule has 0 saturated carbocycles. The standard InChI is InChI=1S/C14H22N6O2/c15-4-2-1-3-11(14(21)22)20(9-12-16-5-6-17-12)10-13-18-7-8-19-13/h5-8,11H,1-4,9-10,15H2,(H,16,17)(H,18,19)(H,21,22). The highest BCUT2D eigenvalue weighted by molar-refractivity contribution is 5.73. The Bertz CT molecular complexity index is 503. The first-order valence-electron chi connectivity index (χ1n) is 7.34. The first-order chi connectivity index (χ1) is 10.7. The molecule has 0 saturated heterocycles. The summed E-state index contributed by atoms with van der Waals surface area (Å²) in [6, 6.07) is -0.596. The largest absolute Gasteiger partial charge is 0.480 e. The summed E-state index contributed by atoms with van der Waals surface area (Å²) in [5.74, 6) is 0.628. The van der Waals surface area contributed by atoms with Crippen molar-refractivity contribution in [1.29, 1.82) is 0 Å². The van der Waals surface area contributed by atoms with Crippen molar-refractivity contribution in [2.24, 2.45) is 5.73 Å². The topological polar surface area (TPSA) is 124 Å². The van der Waals surface area contributed by atoms with Crippen LogP contribution in [-0.4, -0.2) is 48.5 Å². The zero-order valence-electron chi connectivity index (χ0n) is 12.4. The van der Waals surface area contributed by atoms with E-state index in [2.05, 4.69) is 19.9 Å². The lowest BCUT2D eigenvalue weighted by atomic mass is 10.1. The van der Waals surface area contributed by atoms with E-state index in [0.717, 1.165) is 24.5 Å². The average molecular weight is 306 g/mol. The van der Waals surface area contributed by atoms with E-state index >= 15 is 0 Å². The van der Waals surface area contributed by atoms with Crippen molar-refractivity contribution in [2.45, 2.75) is 38.4 Å². The molecule has 22 heavy (non-hydrogen) atoms. The van der Waals surface area contributed by atoms with Gasteiger partial charge < -0.3 is 20.8 Å². The van der Waals surface area contributed by atoms with Gasteiger partial charge >= 0.3 is 5.97 Å². The van der Waals surface area contributed by atoms with E-state index in [1.54, 1.807) is 24.8 Å². The van der Waals surface area contributed by atoms with E-state index in [0.29, 0.717) is 26.1 Å². The second kappa shape index (κ2) is 8.30. The zero-order valence-corrected chi connectivity index (χ0v) is 12.4. The number of aliphatic carboxylic acids is 1. The van der Waals surface area contributed by atoms with E-state index in [-0.39, 0.29) is 0 Å². The maximum atomic E-state index is 11.7. The molecule has 0 aromatic carbocycles. The van der Waals surface area contributed by atoms with Crippen molar-refractivity contribution in [1.82, 2.24) is 24.8 Å². The summed E-state index contributed by atoms with van der Waals surface area (Å²) in [7, 11) is 0. The van der Waals surface area contributed by atoms with E-state index in [4.69, 9.17) is 5.73 Å². The fourth-order valence-electron chi connectivity index (χ4n) is 2.37. The summed E-state index contributed by atoms with van der Waals surface area (Å²) in [6.07, 6.45) is 8.91. The van der Waals surface area contributed by atoms with Crippen molar-refractivity contribution < 1.29 is 9.90 Å². The highest BCUT2D eigenvalue weighted by Crippen LogP contribution is 2.15. The number of nitrogens with zero attached hydrogens (tertiary/aromatic N) is 3. The average Bonchev–Trinajstić information content (AvgIpc) is 3.16. The van der Waals surface area contributed by atoms with Gasteiger partial charge in [-0.15, -0.1) is 0 Å². The van der Waals surface area contributed by atoms with Crippen LogP contribution in [0.5, 0.6) is 0 Å². The van der Waals surface area contributed by atoms with Crippen LogP contribution in [0, 0.1) is 0 Å². The number of carboxylic acid groups (broad SMARTS) is 1. The third kappa shape index (κ3) is 4.68. The van der Waals surface area contributed by atoms with Gasteiger partial charge in [0, 0.05) is 24.8 Å². The summed E-state index contributed by atoms with van der Waals surface area (Å²) < 4.78 is 0. The summed E-state index contributed by atoms with van der Waals surface area (Å²) >= 11 is 0. The number of unbranched alkanes of at least 4 members (excludes halogenated alkanes) is 1. The van der Waals surface area contributed by atoms with Crippen molar-refractivity contribution in [3.63, 3.8) is 0 Å². The molecule has 2 aromatic heterocycles. The van der Waals surface area contributed by atoms with Gasteiger partial charge in [-0.1, -0.05) is 6.42 Å². The van der Waals surface area contributed by atoms with Crippen molar-refractivity contribution >= 4 is 5.97 Å². The van der Waals surface area contributed by atoms with Gasteiger partial charge in [0.2, 0.25) is 0 Å². The Hall–Kier alpha value is -2.19. The van der Waals surface area contributed by atoms with E-state index in [9.17, 15) is 9.90 Å². The van der Waals surface area contributed by atoms with Crippen molar-refractivity contribution in [3.05, 3.63) is 36.4 Å². The quantitative estimate of drug-likeness (QED) is 0.479. The molecule has 2 rings (SSSR count). The SMILES string of the molecule is NCCCCC(C(=O)O)N(Cc1ncc[nH]1)Cc1ncc[nH]1. The Balaban J connectivity index is 2.10. The molecule has 0 spiro atoms. The number of nitrogens with one attached hydrogen (secondary N) is 2. The highest BCUT2D eigenvalue weighted by Gasteiger charge is 2.26. The maximum Gasteiger partial charge on any atom is 0.320 e. The summed E-state index contributed by atoms with van der Waals surface area (Å²) in [5.41, 5.74) is 5.50. The Labute approximate surface area is 128 Å².